The minimum atomic E-state index is 0.217. The number of nitrogens with zero attached hydrogens (tertiary/aromatic N) is 1. The third kappa shape index (κ3) is 3.97. The Labute approximate surface area is 123 Å². The summed E-state index contributed by atoms with van der Waals surface area (Å²) in [5.74, 6) is 1.05. The molecule has 2 rings (SSSR count). The van der Waals surface area contributed by atoms with Crippen LogP contribution in [0.1, 0.15) is 39.7 Å². The quantitative estimate of drug-likeness (QED) is 0.894. The van der Waals surface area contributed by atoms with Crippen LogP contribution in [0.3, 0.4) is 0 Å². The van der Waals surface area contributed by atoms with Gasteiger partial charge in [0, 0.05) is 36.8 Å². The molecule has 3 nitrogen and oxygen atoms in total. The first-order valence-electron chi connectivity index (χ1n) is 7.71. The maximum Gasteiger partial charge on any atom is 0.123 e. The van der Waals surface area contributed by atoms with Crippen LogP contribution in [0.5, 0.6) is 5.75 Å². The molecule has 1 atom stereocenters. The first-order valence-corrected chi connectivity index (χ1v) is 7.71. The van der Waals surface area contributed by atoms with Gasteiger partial charge in [-0.05, 0) is 33.3 Å². The van der Waals surface area contributed by atoms with Crippen molar-refractivity contribution < 1.29 is 4.74 Å². The predicted octanol–water partition coefficient (Wildman–Crippen LogP) is 3.05. The Bertz CT molecular complexity index is 431. The Morgan fingerprint density at radius 3 is 2.85 bits per heavy atom. The first-order chi connectivity index (χ1) is 9.52. The second-order valence-electron chi connectivity index (χ2n) is 6.39. The number of hydrogen-bond donors (Lipinski definition) is 1. The Kier molecular flexibility index (Phi) is 5.06. The first kappa shape index (κ1) is 15.3. The van der Waals surface area contributed by atoms with Gasteiger partial charge in [-0.1, -0.05) is 25.1 Å². The summed E-state index contributed by atoms with van der Waals surface area (Å²) in [7, 11) is 0. The van der Waals surface area contributed by atoms with E-state index >= 15 is 0 Å². The summed E-state index contributed by atoms with van der Waals surface area (Å²) < 4.78 is 5.83. The number of ether oxygens (including phenoxy) is 1. The average Bonchev–Trinajstić information content (AvgIpc) is 2.67. The van der Waals surface area contributed by atoms with Crippen LogP contribution in [0.2, 0.25) is 0 Å². The molecule has 3 heteroatoms. The number of fused-ring (bicyclic) bond motifs is 1. The SMILES string of the molecule is CCC(C)(C)NCC(C)N1CCOc2ccccc2C1. The van der Waals surface area contributed by atoms with Crippen LogP contribution in [0.4, 0.5) is 0 Å². The summed E-state index contributed by atoms with van der Waals surface area (Å²) in [6.07, 6.45) is 1.14. The molecule has 1 aliphatic rings. The highest BCUT2D eigenvalue weighted by atomic mass is 16.5. The molecule has 112 valence electrons. The van der Waals surface area contributed by atoms with Gasteiger partial charge >= 0.3 is 0 Å². The minimum absolute atomic E-state index is 0.217. The third-order valence-corrected chi connectivity index (χ3v) is 4.37. The molecule has 0 fully saturated rings. The van der Waals surface area contributed by atoms with Crippen LogP contribution in [-0.4, -0.2) is 36.2 Å². The molecular weight excluding hydrogens is 248 g/mol. The molecule has 1 aromatic carbocycles. The van der Waals surface area contributed by atoms with Crippen LogP contribution in [0.15, 0.2) is 24.3 Å². The van der Waals surface area contributed by atoms with Crippen LogP contribution < -0.4 is 10.1 Å². The fourth-order valence-corrected chi connectivity index (χ4v) is 2.40. The zero-order valence-corrected chi connectivity index (χ0v) is 13.3. The van der Waals surface area contributed by atoms with Gasteiger partial charge in [0.05, 0.1) is 0 Å². The molecule has 0 amide bonds. The summed E-state index contributed by atoms with van der Waals surface area (Å²) in [4.78, 5) is 2.50. The monoisotopic (exact) mass is 276 g/mol. The summed E-state index contributed by atoms with van der Waals surface area (Å²) in [5, 5.41) is 3.67. The van der Waals surface area contributed by atoms with Crippen LogP contribution in [-0.2, 0) is 6.54 Å². The molecule has 20 heavy (non-hydrogen) atoms. The van der Waals surface area contributed by atoms with Gasteiger partial charge in [0.25, 0.3) is 0 Å². The molecule has 1 heterocycles. The molecule has 0 spiro atoms. The fourth-order valence-electron chi connectivity index (χ4n) is 2.40. The van der Waals surface area contributed by atoms with E-state index in [1.54, 1.807) is 0 Å². The Balaban J connectivity index is 1.96. The average molecular weight is 276 g/mol. The lowest BCUT2D eigenvalue weighted by Gasteiger charge is -2.32. The van der Waals surface area contributed by atoms with E-state index < -0.39 is 0 Å². The molecule has 1 unspecified atom stereocenters. The number of hydrogen-bond acceptors (Lipinski definition) is 3. The van der Waals surface area contributed by atoms with Gasteiger partial charge in [-0.25, -0.2) is 0 Å². The van der Waals surface area contributed by atoms with Gasteiger partial charge in [-0.15, -0.1) is 0 Å². The van der Waals surface area contributed by atoms with Crippen molar-refractivity contribution in [3.63, 3.8) is 0 Å². The van der Waals surface area contributed by atoms with E-state index in [-0.39, 0.29) is 5.54 Å². The molecule has 0 aliphatic carbocycles. The van der Waals surface area contributed by atoms with E-state index in [2.05, 4.69) is 56.1 Å². The lowest BCUT2D eigenvalue weighted by Crippen LogP contribution is -2.47. The predicted molar refractivity (Wildman–Crippen MR) is 84.2 cm³/mol. The number of para-hydroxylation sites is 1. The molecule has 0 saturated carbocycles. The van der Waals surface area contributed by atoms with Crippen molar-refractivity contribution in [1.29, 1.82) is 0 Å². The van der Waals surface area contributed by atoms with E-state index in [0.29, 0.717) is 6.04 Å². The van der Waals surface area contributed by atoms with Crippen molar-refractivity contribution in [3.05, 3.63) is 29.8 Å². The summed E-state index contributed by atoms with van der Waals surface area (Å²) in [6, 6.07) is 8.89. The topological polar surface area (TPSA) is 24.5 Å². The van der Waals surface area contributed by atoms with Gasteiger partial charge in [0.1, 0.15) is 12.4 Å². The smallest absolute Gasteiger partial charge is 0.123 e. The van der Waals surface area contributed by atoms with E-state index in [4.69, 9.17) is 4.74 Å². The zero-order valence-electron chi connectivity index (χ0n) is 13.3. The van der Waals surface area contributed by atoms with Crippen molar-refractivity contribution in [2.75, 3.05) is 19.7 Å². The van der Waals surface area contributed by atoms with Gasteiger partial charge in [-0.3, -0.25) is 4.90 Å². The molecule has 0 saturated heterocycles. The van der Waals surface area contributed by atoms with Crippen molar-refractivity contribution in [1.82, 2.24) is 10.2 Å². The fraction of sp³-hybridized carbons (Fsp3) is 0.647. The lowest BCUT2D eigenvalue weighted by molar-refractivity contribution is 0.167. The van der Waals surface area contributed by atoms with Gasteiger partial charge < -0.3 is 10.1 Å². The molecule has 0 aromatic heterocycles. The molecule has 1 N–H and O–H groups in total. The Hall–Kier alpha value is -1.06. The highest BCUT2D eigenvalue weighted by Crippen LogP contribution is 2.23. The molecule has 0 radical (unpaired) electrons. The van der Waals surface area contributed by atoms with Crippen LogP contribution >= 0.6 is 0 Å². The van der Waals surface area contributed by atoms with E-state index in [0.717, 1.165) is 38.4 Å². The summed E-state index contributed by atoms with van der Waals surface area (Å²) >= 11 is 0. The maximum atomic E-state index is 5.83. The van der Waals surface area contributed by atoms with E-state index in [9.17, 15) is 0 Å². The number of rotatable bonds is 5. The van der Waals surface area contributed by atoms with Crippen molar-refractivity contribution in [2.45, 2.75) is 52.2 Å². The Morgan fingerprint density at radius 1 is 1.35 bits per heavy atom. The zero-order chi connectivity index (χ0) is 14.6. The van der Waals surface area contributed by atoms with Crippen molar-refractivity contribution >= 4 is 0 Å². The van der Waals surface area contributed by atoms with Gasteiger partial charge in [-0.2, -0.15) is 0 Å². The third-order valence-electron chi connectivity index (χ3n) is 4.37. The second kappa shape index (κ2) is 6.59. The summed E-state index contributed by atoms with van der Waals surface area (Å²) in [5.41, 5.74) is 1.51. The Morgan fingerprint density at radius 2 is 2.10 bits per heavy atom. The molecule has 1 aliphatic heterocycles. The molecular formula is C17H28N2O. The second-order valence-corrected chi connectivity index (χ2v) is 6.39. The van der Waals surface area contributed by atoms with E-state index in [1.165, 1.54) is 5.56 Å². The number of benzene rings is 1. The van der Waals surface area contributed by atoms with Crippen molar-refractivity contribution in [2.24, 2.45) is 0 Å². The van der Waals surface area contributed by atoms with E-state index in [1.807, 2.05) is 6.07 Å². The highest BCUT2D eigenvalue weighted by Gasteiger charge is 2.21. The molecule has 1 aromatic rings. The largest absolute Gasteiger partial charge is 0.492 e. The van der Waals surface area contributed by atoms with Gasteiger partial charge in [0.2, 0.25) is 0 Å². The van der Waals surface area contributed by atoms with Crippen LogP contribution in [0, 0.1) is 0 Å². The normalized spacial score (nSPS) is 18.0. The summed E-state index contributed by atoms with van der Waals surface area (Å²) in [6.45, 7) is 12.8. The lowest BCUT2D eigenvalue weighted by atomic mass is 10.0. The highest BCUT2D eigenvalue weighted by molar-refractivity contribution is 5.33. The standard InChI is InChI=1S/C17H28N2O/c1-5-17(3,4)18-12-14(2)19-10-11-20-16-9-7-6-8-15(16)13-19/h6-9,14,18H,5,10-13H2,1-4H3. The minimum Gasteiger partial charge on any atom is -0.492 e. The maximum absolute atomic E-state index is 5.83. The van der Waals surface area contributed by atoms with Gasteiger partial charge in [0.15, 0.2) is 0 Å². The van der Waals surface area contributed by atoms with Crippen LogP contribution in [0.25, 0.3) is 0 Å². The van der Waals surface area contributed by atoms with Crippen molar-refractivity contribution in [3.8, 4) is 5.75 Å². The molecule has 0 bridgehead atoms. The number of nitrogens with one attached hydrogen (secondary N) is 1.